The summed E-state index contributed by atoms with van der Waals surface area (Å²) in [4.78, 5) is 8.18. The Bertz CT molecular complexity index is 411. The molecule has 0 aliphatic heterocycles. The van der Waals surface area contributed by atoms with Gasteiger partial charge in [0.1, 0.15) is 0 Å². The van der Waals surface area contributed by atoms with E-state index in [9.17, 15) is 0 Å². The molecule has 0 aromatic carbocycles. The molecule has 6 nitrogen and oxygen atoms in total. The first-order chi connectivity index (χ1) is 7.88. The Balaban J connectivity index is 1.81. The third-order valence-electron chi connectivity index (χ3n) is 2.05. The zero-order valence-corrected chi connectivity index (χ0v) is 9.00. The minimum atomic E-state index is 0.591. The Morgan fingerprint density at radius 2 is 2.19 bits per heavy atom. The highest BCUT2D eigenvalue weighted by Gasteiger charge is 1.96. The first-order valence-corrected chi connectivity index (χ1v) is 4.96. The summed E-state index contributed by atoms with van der Waals surface area (Å²) in [6.07, 6.45) is 6.92. The smallest absolute Gasteiger partial charge is 0.222 e. The molecule has 1 N–H and O–H groups in total. The van der Waals surface area contributed by atoms with Crippen LogP contribution in [0, 0.1) is 0 Å². The van der Waals surface area contributed by atoms with Crippen molar-refractivity contribution in [3.8, 4) is 5.75 Å². The van der Waals surface area contributed by atoms with Crippen molar-refractivity contribution in [3.63, 3.8) is 0 Å². The lowest BCUT2D eigenvalue weighted by atomic mass is 10.6. The second kappa shape index (κ2) is 5.11. The molecule has 0 saturated carbocycles. The van der Waals surface area contributed by atoms with Crippen molar-refractivity contribution >= 4 is 5.95 Å². The lowest BCUT2D eigenvalue weighted by Crippen LogP contribution is -2.12. The average Bonchev–Trinajstić information content (AvgIpc) is 2.83. The van der Waals surface area contributed by atoms with Gasteiger partial charge in [0, 0.05) is 18.9 Å². The summed E-state index contributed by atoms with van der Waals surface area (Å²) >= 11 is 0. The predicted octanol–water partition coefficient (Wildman–Crippen LogP) is 0.794. The van der Waals surface area contributed by atoms with E-state index in [0.717, 1.165) is 13.1 Å². The van der Waals surface area contributed by atoms with Gasteiger partial charge in [-0.15, -0.1) is 0 Å². The second-order valence-corrected chi connectivity index (χ2v) is 3.14. The fourth-order valence-corrected chi connectivity index (χ4v) is 1.23. The Labute approximate surface area is 93.3 Å². The highest BCUT2D eigenvalue weighted by atomic mass is 16.5. The van der Waals surface area contributed by atoms with E-state index in [2.05, 4.69) is 20.4 Å². The Morgan fingerprint density at radius 1 is 1.38 bits per heavy atom. The van der Waals surface area contributed by atoms with Crippen molar-refractivity contribution in [1.29, 1.82) is 0 Å². The van der Waals surface area contributed by atoms with Gasteiger partial charge in [0.15, 0.2) is 5.75 Å². The van der Waals surface area contributed by atoms with E-state index in [-0.39, 0.29) is 0 Å². The van der Waals surface area contributed by atoms with Gasteiger partial charge >= 0.3 is 0 Å². The number of aromatic nitrogens is 4. The van der Waals surface area contributed by atoms with Gasteiger partial charge in [-0.05, 0) is 6.07 Å². The van der Waals surface area contributed by atoms with E-state index in [1.165, 1.54) is 0 Å². The zero-order chi connectivity index (χ0) is 11.2. The Hall–Kier alpha value is -2.11. The van der Waals surface area contributed by atoms with Crippen LogP contribution in [0.15, 0.2) is 30.9 Å². The number of hydrogen-bond donors (Lipinski definition) is 1. The summed E-state index contributed by atoms with van der Waals surface area (Å²) in [5.41, 5.74) is 0. The van der Waals surface area contributed by atoms with Crippen LogP contribution in [-0.4, -0.2) is 33.4 Å². The molecule has 0 radical (unpaired) electrons. The number of rotatable bonds is 5. The molecular weight excluding hydrogens is 206 g/mol. The van der Waals surface area contributed by atoms with E-state index < -0.39 is 0 Å². The van der Waals surface area contributed by atoms with Gasteiger partial charge in [-0.3, -0.25) is 4.68 Å². The van der Waals surface area contributed by atoms with Crippen LogP contribution in [0.25, 0.3) is 0 Å². The third-order valence-corrected chi connectivity index (χ3v) is 2.05. The maximum absolute atomic E-state index is 4.97. The van der Waals surface area contributed by atoms with Crippen LogP contribution in [0.1, 0.15) is 0 Å². The van der Waals surface area contributed by atoms with Crippen LogP contribution in [0.4, 0.5) is 5.95 Å². The van der Waals surface area contributed by atoms with Gasteiger partial charge in [-0.2, -0.15) is 5.10 Å². The quantitative estimate of drug-likeness (QED) is 0.805. The maximum atomic E-state index is 4.97. The number of hydrogen-bond acceptors (Lipinski definition) is 5. The third kappa shape index (κ3) is 2.69. The van der Waals surface area contributed by atoms with E-state index in [1.807, 2.05) is 16.9 Å². The molecule has 2 rings (SSSR count). The largest absolute Gasteiger partial charge is 0.494 e. The second-order valence-electron chi connectivity index (χ2n) is 3.14. The molecule has 16 heavy (non-hydrogen) atoms. The highest BCUT2D eigenvalue weighted by Crippen LogP contribution is 2.06. The van der Waals surface area contributed by atoms with Crippen LogP contribution in [-0.2, 0) is 6.54 Å². The van der Waals surface area contributed by atoms with Crippen molar-refractivity contribution in [2.24, 2.45) is 0 Å². The lowest BCUT2D eigenvalue weighted by molar-refractivity contribution is 0.411. The molecular formula is C10H13N5O. The molecule has 0 saturated heterocycles. The molecule has 0 unspecified atom stereocenters. The van der Waals surface area contributed by atoms with Gasteiger partial charge in [0.2, 0.25) is 5.95 Å². The first kappa shape index (κ1) is 10.4. The molecule has 0 amide bonds. The van der Waals surface area contributed by atoms with Crippen molar-refractivity contribution < 1.29 is 4.74 Å². The number of nitrogens with zero attached hydrogens (tertiary/aromatic N) is 4. The van der Waals surface area contributed by atoms with Gasteiger partial charge in [-0.1, -0.05) is 0 Å². The van der Waals surface area contributed by atoms with Crippen molar-refractivity contribution in [2.45, 2.75) is 6.54 Å². The molecule has 0 bridgehead atoms. The zero-order valence-electron chi connectivity index (χ0n) is 9.00. The summed E-state index contributed by atoms with van der Waals surface area (Å²) in [6.45, 7) is 1.51. The monoisotopic (exact) mass is 219 g/mol. The molecule has 0 atom stereocenters. The SMILES string of the molecule is COc1cnc(NCCn2cccn2)nc1. The van der Waals surface area contributed by atoms with E-state index in [0.29, 0.717) is 11.7 Å². The molecule has 2 aromatic rings. The first-order valence-electron chi connectivity index (χ1n) is 4.96. The minimum absolute atomic E-state index is 0.591. The van der Waals surface area contributed by atoms with Crippen LogP contribution >= 0.6 is 0 Å². The van der Waals surface area contributed by atoms with Gasteiger partial charge < -0.3 is 10.1 Å². The van der Waals surface area contributed by atoms with Gasteiger partial charge in [0.05, 0.1) is 26.0 Å². The summed E-state index contributed by atoms with van der Waals surface area (Å²) in [5, 5.41) is 7.19. The molecule has 2 heterocycles. The number of nitrogens with one attached hydrogen (secondary N) is 1. The van der Waals surface area contributed by atoms with Crippen LogP contribution < -0.4 is 10.1 Å². The summed E-state index contributed by atoms with van der Waals surface area (Å²) < 4.78 is 6.81. The van der Waals surface area contributed by atoms with E-state index in [1.54, 1.807) is 25.7 Å². The number of ether oxygens (including phenoxy) is 1. The topological polar surface area (TPSA) is 64.9 Å². The summed E-state index contributed by atoms with van der Waals surface area (Å²) in [6, 6.07) is 1.89. The van der Waals surface area contributed by atoms with Gasteiger partial charge in [-0.25, -0.2) is 9.97 Å². The highest BCUT2D eigenvalue weighted by molar-refractivity contribution is 5.26. The normalized spacial score (nSPS) is 10.1. The summed E-state index contributed by atoms with van der Waals surface area (Å²) in [5.74, 6) is 1.24. The minimum Gasteiger partial charge on any atom is -0.494 e. The molecule has 0 aliphatic carbocycles. The predicted molar refractivity (Wildman–Crippen MR) is 59.3 cm³/mol. The van der Waals surface area contributed by atoms with Crippen LogP contribution in [0.2, 0.25) is 0 Å². The Morgan fingerprint density at radius 3 is 2.81 bits per heavy atom. The maximum Gasteiger partial charge on any atom is 0.222 e. The fraction of sp³-hybridized carbons (Fsp3) is 0.300. The molecule has 0 aliphatic rings. The number of anilines is 1. The van der Waals surface area contributed by atoms with Crippen LogP contribution in [0.5, 0.6) is 5.75 Å². The summed E-state index contributed by atoms with van der Waals surface area (Å²) in [7, 11) is 1.59. The molecule has 0 fully saturated rings. The standard InChI is InChI=1S/C10H13N5O/c1-16-9-7-12-10(13-8-9)11-4-6-15-5-2-3-14-15/h2-3,5,7-8H,4,6H2,1H3,(H,11,12,13). The fourth-order valence-electron chi connectivity index (χ4n) is 1.23. The van der Waals surface area contributed by atoms with Crippen molar-refractivity contribution in [3.05, 3.63) is 30.9 Å². The number of methoxy groups -OCH3 is 1. The molecule has 6 heteroatoms. The average molecular weight is 219 g/mol. The molecule has 2 aromatic heterocycles. The van der Waals surface area contributed by atoms with E-state index >= 15 is 0 Å². The van der Waals surface area contributed by atoms with Crippen LogP contribution in [0.3, 0.4) is 0 Å². The van der Waals surface area contributed by atoms with Gasteiger partial charge in [0.25, 0.3) is 0 Å². The molecule has 0 spiro atoms. The Kier molecular flexibility index (Phi) is 3.32. The van der Waals surface area contributed by atoms with Crippen molar-refractivity contribution in [1.82, 2.24) is 19.7 Å². The lowest BCUT2D eigenvalue weighted by Gasteiger charge is -2.05. The molecule has 84 valence electrons. The van der Waals surface area contributed by atoms with E-state index in [4.69, 9.17) is 4.74 Å². The van der Waals surface area contributed by atoms with Crippen molar-refractivity contribution in [2.75, 3.05) is 19.0 Å².